The van der Waals surface area contributed by atoms with Gasteiger partial charge in [0.25, 0.3) is 0 Å². The average molecular weight is 245 g/mol. The fraction of sp³-hybridized carbons (Fsp3) is 0.357. The van der Waals surface area contributed by atoms with Gasteiger partial charge in [-0.2, -0.15) is 0 Å². The van der Waals surface area contributed by atoms with E-state index in [2.05, 4.69) is 5.32 Å². The summed E-state index contributed by atoms with van der Waals surface area (Å²) in [7, 11) is 0. The number of carbonyl (C=O) groups excluding carboxylic acids is 1. The van der Waals surface area contributed by atoms with Gasteiger partial charge in [0.1, 0.15) is 6.54 Å². The second-order valence-electron chi connectivity index (χ2n) is 4.73. The molecule has 0 aliphatic heterocycles. The van der Waals surface area contributed by atoms with Crippen LogP contribution in [0.3, 0.4) is 0 Å². The second kappa shape index (κ2) is 5.23. The molecular formula is C14H19N3O. The number of hydrogen-bond acceptors (Lipinski definition) is 2. The van der Waals surface area contributed by atoms with Crippen molar-refractivity contribution >= 4 is 16.8 Å². The van der Waals surface area contributed by atoms with Crippen LogP contribution in [0.2, 0.25) is 0 Å². The van der Waals surface area contributed by atoms with Crippen molar-refractivity contribution in [1.82, 2.24) is 9.88 Å². The standard InChI is InChI=1S/C14H19N3O/c1-10(2)16-14(18)9-17-8-11(7-15)12-5-3-4-6-13(12)17/h3-6,8,10H,7,9,15H2,1-2H3,(H,16,18). The number of para-hydroxylation sites is 1. The van der Waals surface area contributed by atoms with E-state index in [4.69, 9.17) is 5.73 Å². The highest BCUT2D eigenvalue weighted by Gasteiger charge is 2.10. The summed E-state index contributed by atoms with van der Waals surface area (Å²) in [4.78, 5) is 11.8. The van der Waals surface area contributed by atoms with Crippen LogP contribution in [-0.4, -0.2) is 16.5 Å². The summed E-state index contributed by atoms with van der Waals surface area (Å²) in [5.74, 6) is 0.0225. The molecule has 1 aromatic heterocycles. The molecule has 1 heterocycles. The van der Waals surface area contributed by atoms with Crippen molar-refractivity contribution < 1.29 is 4.79 Å². The lowest BCUT2D eigenvalue weighted by Gasteiger charge is -2.09. The molecule has 0 atom stereocenters. The van der Waals surface area contributed by atoms with E-state index in [0.29, 0.717) is 13.1 Å². The van der Waals surface area contributed by atoms with Gasteiger partial charge in [0, 0.05) is 29.7 Å². The van der Waals surface area contributed by atoms with Crippen LogP contribution in [0.5, 0.6) is 0 Å². The Hall–Kier alpha value is -1.81. The van der Waals surface area contributed by atoms with E-state index in [1.54, 1.807) is 0 Å². The number of carbonyl (C=O) groups is 1. The van der Waals surface area contributed by atoms with Crippen LogP contribution in [0.4, 0.5) is 0 Å². The minimum atomic E-state index is 0.0225. The van der Waals surface area contributed by atoms with Crippen molar-refractivity contribution in [2.24, 2.45) is 5.73 Å². The summed E-state index contributed by atoms with van der Waals surface area (Å²) >= 11 is 0. The van der Waals surface area contributed by atoms with E-state index >= 15 is 0 Å². The van der Waals surface area contributed by atoms with E-state index in [1.807, 2.05) is 48.9 Å². The first kappa shape index (κ1) is 12.6. The van der Waals surface area contributed by atoms with Crippen molar-refractivity contribution in [1.29, 1.82) is 0 Å². The normalized spacial score (nSPS) is 11.1. The number of nitrogens with zero attached hydrogens (tertiary/aromatic N) is 1. The van der Waals surface area contributed by atoms with Crippen molar-refractivity contribution in [2.75, 3.05) is 0 Å². The van der Waals surface area contributed by atoms with Crippen LogP contribution in [0, 0.1) is 0 Å². The highest BCUT2D eigenvalue weighted by molar-refractivity contribution is 5.86. The molecular weight excluding hydrogens is 226 g/mol. The van der Waals surface area contributed by atoms with E-state index in [1.165, 1.54) is 0 Å². The highest BCUT2D eigenvalue weighted by atomic mass is 16.2. The molecule has 0 radical (unpaired) electrons. The molecule has 0 fully saturated rings. The second-order valence-corrected chi connectivity index (χ2v) is 4.73. The Bertz CT molecular complexity index is 557. The van der Waals surface area contributed by atoms with Crippen molar-refractivity contribution in [2.45, 2.75) is 33.0 Å². The number of nitrogens with one attached hydrogen (secondary N) is 1. The van der Waals surface area contributed by atoms with Crippen LogP contribution < -0.4 is 11.1 Å². The van der Waals surface area contributed by atoms with Gasteiger partial charge in [0.15, 0.2) is 0 Å². The lowest BCUT2D eigenvalue weighted by molar-refractivity contribution is -0.122. The predicted octanol–water partition coefficient (Wildman–Crippen LogP) is 1.62. The molecule has 2 aromatic rings. The third kappa shape index (κ3) is 2.54. The van der Waals surface area contributed by atoms with Crippen molar-refractivity contribution in [3.63, 3.8) is 0 Å². The largest absolute Gasteiger partial charge is 0.352 e. The van der Waals surface area contributed by atoms with Gasteiger partial charge in [-0.3, -0.25) is 4.79 Å². The zero-order valence-corrected chi connectivity index (χ0v) is 10.8. The number of hydrogen-bond donors (Lipinski definition) is 2. The summed E-state index contributed by atoms with van der Waals surface area (Å²) in [6.07, 6.45) is 1.96. The molecule has 0 aliphatic rings. The fourth-order valence-corrected chi connectivity index (χ4v) is 2.14. The molecule has 0 unspecified atom stereocenters. The summed E-state index contributed by atoms with van der Waals surface area (Å²) in [5, 5.41) is 4.01. The molecule has 96 valence electrons. The van der Waals surface area contributed by atoms with Gasteiger partial charge in [0.2, 0.25) is 5.91 Å². The maximum absolute atomic E-state index is 11.8. The van der Waals surface area contributed by atoms with E-state index in [-0.39, 0.29) is 11.9 Å². The Morgan fingerprint density at radius 2 is 2.11 bits per heavy atom. The van der Waals surface area contributed by atoms with Gasteiger partial charge in [0.05, 0.1) is 0 Å². The molecule has 0 saturated heterocycles. The lowest BCUT2D eigenvalue weighted by Crippen LogP contribution is -2.32. The SMILES string of the molecule is CC(C)NC(=O)Cn1cc(CN)c2ccccc21. The first-order chi connectivity index (χ1) is 8.61. The molecule has 0 aliphatic carbocycles. The highest BCUT2D eigenvalue weighted by Crippen LogP contribution is 2.20. The Morgan fingerprint density at radius 1 is 1.39 bits per heavy atom. The van der Waals surface area contributed by atoms with Gasteiger partial charge in [-0.25, -0.2) is 0 Å². The van der Waals surface area contributed by atoms with Gasteiger partial charge >= 0.3 is 0 Å². The lowest BCUT2D eigenvalue weighted by atomic mass is 10.2. The number of benzene rings is 1. The first-order valence-electron chi connectivity index (χ1n) is 6.18. The molecule has 0 bridgehead atoms. The van der Waals surface area contributed by atoms with Crippen LogP contribution in [0.15, 0.2) is 30.5 Å². The monoisotopic (exact) mass is 245 g/mol. The van der Waals surface area contributed by atoms with Crippen LogP contribution in [0.25, 0.3) is 10.9 Å². The van der Waals surface area contributed by atoms with Crippen molar-refractivity contribution in [3.05, 3.63) is 36.0 Å². The van der Waals surface area contributed by atoms with Gasteiger partial charge in [-0.05, 0) is 25.5 Å². The zero-order chi connectivity index (χ0) is 13.1. The molecule has 0 spiro atoms. The minimum absolute atomic E-state index is 0.0225. The smallest absolute Gasteiger partial charge is 0.240 e. The van der Waals surface area contributed by atoms with E-state index in [9.17, 15) is 4.79 Å². The number of rotatable bonds is 4. The first-order valence-corrected chi connectivity index (χ1v) is 6.18. The Kier molecular flexibility index (Phi) is 3.67. The maximum atomic E-state index is 11.8. The molecule has 18 heavy (non-hydrogen) atoms. The van der Waals surface area contributed by atoms with Crippen molar-refractivity contribution in [3.8, 4) is 0 Å². The molecule has 4 nitrogen and oxygen atoms in total. The minimum Gasteiger partial charge on any atom is -0.352 e. The van der Waals surface area contributed by atoms with Gasteiger partial charge in [-0.15, -0.1) is 0 Å². The summed E-state index contributed by atoms with van der Waals surface area (Å²) in [5.41, 5.74) is 7.85. The molecule has 0 saturated carbocycles. The quantitative estimate of drug-likeness (QED) is 0.860. The number of nitrogens with two attached hydrogens (primary N) is 1. The molecule has 3 N–H and O–H groups in total. The summed E-state index contributed by atoms with van der Waals surface area (Å²) in [6, 6.07) is 8.17. The summed E-state index contributed by atoms with van der Waals surface area (Å²) < 4.78 is 1.95. The van der Waals surface area contributed by atoms with E-state index < -0.39 is 0 Å². The van der Waals surface area contributed by atoms with Crippen LogP contribution in [0.1, 0.15) is 19.4 Å². The third-order valence-electron chi connectivity index (χ3n) is 2.85. The molecule has 2 rings (SSSR count). The third-order valence-corrected chi connectivity index (χ3v) is 2.85. The number of amides is 1. The topological polar surface area (TPSA) is 60.0 Å². The Labute approximate surface area is 107 Å². The van der Waals surface area contributed by atoms with Crippen LogP contribution in [-0.2, 0) is 17.9 Å². The zero-order valence-electron chi connectivity index (χ0n) is 10.8. The van der Waals surface area contributed by atoms with Gasteiger partial charge < -0.3 is 15.6 Å². The number of aromatic nitrogens is 1. The summed E-state index contributed by atoms with van der Waals surface area (Å²) in [6.45, 7) is 4.73. The predicted molar refractivity (Wildman–Crippen MR) is 73.1 cm³/mol. The van der Waals surface area contributed by atoms with Gasteiger partial charge in [-0.1, -0.05) is 18.2 Å². The molecule has 4 heteroatoms. The molecule has 1 amide bonds. The number of fused-ring (bicyclic) bond motifs is 1. The fourth-order valence-electron chi connectivity index (χ4n) is 2.14. The van der Waals surface area contributed by atoms with Crippen LogP contribution >= 0.6 is 0 Å². The van der Waals surface area contributed by atoms with E-state index in [0.717, 1.165) is 16.5 Å². The molecule has 1 aromatic carbocycles. The maximum Gasteiger partial charge on any atom is 0.240 e. The Balaban J connectivity index is 2.31. The average Bonchev–Trinajstić information content (AvgIpc) is 2.67. The Morgan fingerprint density at radius 3 is 2.78 bits per heavy atom.